The van der Waals surface area contributed by atoms with Gasteiger partial charge in [-0.25, -0.2) is 23.3 Å². The summed E-state index contributed by atoms with van der Waals surface area (Å²) >= 11 is 0. The van der Waals surface area contributed by atoms with Gasteiger partial charge < -0.3 is 15.7 Å². The number of nitrogens with one attached hydrogen (secondary N) is 2. The molecular formula is C30H22F2N6O3. The summed E-state index contributed by atoms with van der Waals surface area (Å²) in [6, 6.07) is 18.9. The Bertz CT molecular complexity index is 1850. The van der Waals surface area contributed by atoms with E-state index in [1.165, 1.54) is 48.0 Å². The molecule has 3 aromatic carbocycles. The monoisotopic (exact) mass is 552 g/mol. The number of benzodiazepines with no additional fused rings is 1. The van der Waals surface area contributed by atoms with Gasteiger partial charge in [0.15, 0.2) is 5.65 Å². The highest BCUT2D eigenvalue weighted by Gasteiger charge is 2.32. The molecule has 204 valence electrons. The number of aromatic nitrogens is 3. The van der Waals surface area contributed by atoms with Crippen molar-refractivity contribution < 1.29 is 23.5 Å². The fraction of sp³-hybridized carbons (Fsp3) is 0.100. The molecule has 9 nitrogen and oxygen atoms in total. The zero-order valence-corrected chi connectivity index (χ0v) is 21.5. The summed E-state index contributed by atoms with van der Waals surface area (Å²) in [6.07, 6.45) is 0.629. The molecule has 6 rings (SSSR count). The number of carbonyl (C=O) groups excluding carboxylic acids is 2. The normalized spacial score (nSPS) is 15.5. The summed E-state index contributed by atoms with van der Waals surface area (Å²) in [7, 11) is 0. The van der Waals surface area contributed by atoms with E-state index in [9.17, 15) is 19.1 Å². The van der Waals surface area contributed by atoms with Crippen LogP contribution in [0.1, 0.15) is 40.1 Å². The molecule has 1 aliphatic heterocycles. The van der Waals surface area contributed by atoms with Crippen molar-refractivity contribution in [1.29, 1.82) is 0 Å². The van der Waals surface area contributed by atoms with E-state index in [0.717, 1.165) is 0 Å². The number of nitrogens with zero attached hydrogens (tertiary/aromatic N) is 4. The lowest BCUT2D eigenvalue weighted by molar-refractivity contribution is -0.117. The van der Waals surface area contributed by atoms with Gasteiger partial charge >= 0.3 is 0 Å². The van der Waals surface area contributed by atoms with Gasteiger partial charge in [-0.15, -0.1) is 0 Å². The van der Waals surface area contributed by atoms with Crippen molar-refractivity contribution in [2.45, 2.75) is 19.2 Å². The molecule has 2 aromatic heterocycles. The first-order chi connectivity index (χ1) is 19.8. The number of halogens is 2. The van der Waals surface area contributed by atoms with Crippen LogP contribution in [0.2, 0.25) is 0 Å². The third-order valence-electron chi connectivity index (χ3n) is 6.69. The summed E-state index contributed by atoms with van der Waals surface area (Å²) < 4.78 is 31.4. The number of para-hydroxylation sites is 1. The summed E-state index contributed by atoms with van der Waals surface area (Å²) in [6.45, 7) is 1.51. The first-order valence-corrected chi connectivity index (χ1v) is 12.7. The summed E-state index contributed by atoms with van der Waals surface area (Å²) in [5.74, 6) is -2.93. The standard InChI is InChI=1S/C30H22F2N6O3/c1-16(39)18-11-12-19(22(32)15-18)26-23(28-33-13-6-14-38(28)37-26)29(40)36-27-30(41)35-25-20(9-5-10-21(25)31)24(34-27)17-7-3-2-4-8-17/h2-16,27,39H,1H3,(H,35,41)(H,36,40)/t16-,27-/m1/s1. The predicted molar refractivity (Wildman–Crippen MR) is 147 cm³/mol. The zero-order valence-electron chi connectivity index (χ0n) is 21.5. The second-order valence-corrected chi connectivity index (χ2v) is 9.40. The summed E-state index contributed by atoms with van der Waals surface area (Å²) in [4.78, 5) is 35.9. The topological polar surface area (TPSA) is 121 Å². The van der Waals surface area contributed by atoms with Gasteiger partial charge in [0, 0.05) is 29.1 Å². The van der Waals surface area contributed by atoms with Crippen LogP contribution in [0.25, 0.3) is 16.9 Å². The van der Waals surface area contributed by atoms with Crippen LogP contribution in [0.4, 0.5) is 14.5 Å². The highest BCUT2D eigenvalue weighted by molar-refractivity contribution is 6.20. The maximum atomic E-state index is 15.2. The average Bonchev–Trinajstić information content (AvgIpc) is 3.29. The van der Waals surface area contributed by atoms with Gasteiger partial charge in [0.1, 0.15) is 22.9 Å². The van der Waals surface area contributed by atoms with Crippen LogP contribution < -0.4 is 10.6 Å². The molecule has 0 unspecified atom stereocenters. The van der Waals surface area contributed by atoms with E-state index in [1.807, 2.05) is 6.07 Å². The number of aliphatic hydroxyl groups is 1. The lowest BCUT2D eigenvalue weighted by atomic mass is 10.0. The van der Waals surface area contributed by atoms with Gasteiger partial charge in [0.25, 0.3) is 11.8 Å². The van der Waals surface area contributed by atoms with Crippen molar-refractivity contribution in [3.63, 3.8) is 0 Å². The van der Waals surface area contributed by atoms with Crippen LogP contribution in [0.3, 0.4) is 0 Å². The number of aliphatic hydroxyl groups excluding tert-OH is 1. The van der Waals surface area contributed by atoms with E-state index < -0.39 is 35.7 Å². The Morgan fingerprint density at radius 3 is 2.59 bits per heavy atom. The Morgan fingerprint density at radius 2 is 1.83 bits per heavy atom. The van der Waals surface area contributed by atoms with Gasteiger partial charge in [-0.2, -0.15) is 5.10 Å². The molecule has 0 saturated carbocycles. The van der Waals surface area contributed by atoms with E-state index in [-0.39, 0.29) is 28.2 Å². The lowest BCUT2D eigenvalue weighted by Crippen LogP contribution is -2.42. The number of carbonyl (C=O) groups is 2. The molecule has 41 heavy (non-hydrogen) atoms. The molecular weight excluding hydrogens is 530 g/mol. The largest absolute Gasteiger partial charge is 0.389 e. The van der Waals surface area contributed by atoms with E-state index in [4.69, 9.17) is 0 Å². The van der Waals surface area contributed by atoms with Gasteiger partial charge in [-0.1, -0.05) is 48.5 Å². The Labute approximate surface area is 232 Å². The van der Waals surface area contributed by atoms with E-state index in [2.05, 4.69) is 25.7 Å². The first-order valence-electron chi connectivity index (χ1n) is 12.7. The number of hydrogen-bond donors (Lipinski definition) is 3. The maximum absolute atomic E-state index is 15.2. The molecule has 0 fully saturated rings. The SMILES string of the molecule is C[C@@H](O)c1ccc(-c2nn3cccnc3c2C(=O)N[C@H]2N=C(c3ccccc3)c3cccc(F)c3NC2=O)c(F)c1. The molecule has 11 heteroatoms. The van der Waals surface area contributed by atoms with Gasteiger partial charge in [0.2, 0.25) is 6.17 Å². The van der Waals surface area contributed by atoms with Crippen LogP contribution in [0, 0.1) is 11.6 Å². The molecule has 0 bridgehead atoms. The van der Waals surface area contributed by atoms with Gasteiger partial charge in [0.05, 0.1) is 17.5 Å². The molecule has 0 radical (unpaired) electrons. The van der Waals surface area contributed by atoms with E-state index in [0.29, 0.717) is 22.4 Å². The van der Waals surface area contributed by atoms with Crippen molar-refractivity contribution >= 4 is 28.9 Å². The number of amides is 2. The van der Waals surface area contributed by atoms with Crippen molar-refractivity contribution in [3.05, 3.63) is 119 Å². The minimum atomic E-state index is -1.47. The van der Waals surface area contributed by atoms with Crippen molar-refractivity contribution in [3.8, 4) is 11.3 Å². The highest BCUT2D eigenvalue weighted by atomic mass is 19.1. The number of benzene rings is 3. The molecule has 2 amide bonds. The van der Waals surface area contributed by atoms with Gasteiger partial charge in [-0.05, 0) is 36.8 Å². The third kappa shape index (κ3) is 4.72. The zero-order chi connectivity index (χ0) is 28.7. The molecule has 2 atom stereocenters. The predicted octanol–water partition coefficient (Wildman–Crippen LogP) is 4.27. The molecule has 3 N–H and O–H groups in total. The summed E-state index contributed by atoms with van der Waals surface area (Å²) in [5, 5.41) is 19.4. The van der Waals surface area contributed by atoms with Crippen molar-refractivity contribution in [1.82, 2.24) is 19.9 Å². The number of hydrogen-bond acceptors (Lipinski definition) is 6. The average molecular weight is 553 g/mol. The molecule has 1 aliphatic rings. The summed E-state index contributed by atoms with van der Waals surface area (Å²) in [5.41, 5.74) is 1.54. The molecule has 0 saturated heterocycles. The number of fused-ring (bicyclic) bond motifs is 2. The fourth-order valence-corrected chi connectivity index (χ4v) is 4.69. The number of rotatable bonds is 5. The van der Waals surface area contributed by atoms with E-state index in [1.54, 1.807) is 42.6 Å². The van der Waals surface area contributed by atoms with Crippen LogP contribution in [0.5, 0.6) is 0 Å². The smallest absolute Gasteiger partial charge is 0.269 e. The number of aliphatic imine (C=N–C) groups is 1. The third-order valence-corrected chi connectivity index (χ3v) is 6.69. The Morgan fingerprint density at radius 1 is 1.02 bits per heavy atom. The van der Waals surface area contributed by atoms with E-state index >= 15 is 4.39 Å². The van der Waals surface area contributed by atoms with Gasteiger partial charge in [-0.3, -0.25) is 9.59 Å². The highest BCUT2D eigenvalue weighted by Crippen LogP contribution is 2.30. The minimum absolute atomic E-state index is 0.00156. The van der Waals surface area contributed by atoms with Crippen molar-refractivity contribution in [2.75, 3.05) is 5.32 Å². The second kappa shape index (κ2) is 10.4. The van der Waals surface area contributed by atoms with Crippen LogP contribution >= 0.6 is 0 Å². The molecule has 0 spiro atoms. The van der Waals surface area contributed by atoms with Crippen LogP contribution in [0.15, 0.2) is 90.2 Å². The first kappa shape index (κ1) is 26.0. The number of anilines is 1. The quantitative estimate of drug-likeness (QED) is 0.301. The fourth-order valence-electron chi connectivity index (χ4n) is 4.69. The molecule has 3 heterocycles. The maximum Gasteiger partial charge on any atom is 0.269 e. The minimum Gasteiger partial charge on any atom is -0.389 e. The Balaban J connectivity index is 1.45. The van der Waals surface area contributed by atoms with Crippen molar-refractivity contribution in [2.24, 2.45) is 4.99 Å². The molecule has 5 aromatic rings. The Hall–Kier alpha value is -5.29. The van der Waals surface area contributed by atoms with Crippen LogP contribution in [-0.4, -0.2) is 43.4 Å². The molecule has 0 aliphatic carbocycles. The Kier molecular flexibility index (Phi) is 6.56. The lowest BCUT2D eigenvalue weighted by Gasteiger charge is -2.14. The van der Waals surface area contributed by atoms with Crippen LogP contribution in [-0.2, 0) is 4.79 Å². The second-order valence-electron chi connectivity index (χ2n) is 9.40.